The van der Waals surface area contributed by atoms with Gasteiger partial charge < -0.3 is 0 Å². The molecule has 16 heavy (non-hydrogen) atoms. The van der Waals surface area contributed by atoms with Crippen LogP contribution in [0.3, 0.4) is 0 Å². The van der Waals surface area contributed by atoms with Gasteiger partial charge in [-0.05, 0) is 39.3 Å². The molecule has 0 saturated carbocycles. The topological polar surface area (TPSA) is 41.3 Å². The van der Waals surface area contributed by atoms with Crippen LogP contribution in [-0.2, 0) is 0 Å². The summed E-state index contributed by atoms with van der Waals surface area (Å²) in [6.07, 6.45) is 5.11. The van der Waals surface area contributed by atoms with Crippen molar-refractivity contribution in [1.82, 2.24) is 10.3 Å². The summed E-state index contributed by atoms with van der Waals surface area (Å²) >= 11 is 0. The summed E-state index contributed by atoms with van der Waals surface area (Å²) in [5.74, 6) is 5.71. The van der Waals surface area contributed by atoms with Crippen molar-refractivity contribution in [3.8, 4) is 0 Å². The van der Waals surface area contributed by atoms with Crippen molar-refractivity contribution in [1.29, 1.82) is 0 Å². The Hall–Kier alpha value is -0.380. The summed E-state index contributed by atoms with van der Waals surface area (Å²) in [6, 6.07) is 0.315. The molecule has 0 aliphatic rings. The number of nitrogens with zero attached hydrogens (tertiary/aromatic N) is 1. The molecule has 0 fully saturated rings. The van der Waals surface area contributed by atoms with Gasteiger partial charge in [-0.15, -0.1) is 6.58 Å². The molecule has 0 aromatic heterocycles. The van der Waals surface area contributed by atoms with Gasteiger partial charge in [0.1, 0.15) is 0 Å². The fraction of sp³-hybridized carbons (Fsp3) is 0.846. The third-order valence-electron chi connectivity index (χ3n) is 3.81. The Labute approximate surface area is 101 Å². The van der Waals surface area contributed by atoms with E-state index in [4.69, 9.17) is 5.84 Å². The lowest BCUT2D eigenvalue weighted by Crippen LogP contribution is -2.60. The number of allylic oxidation sites excluding steroid dienone is 1. The molecule has 0 aliphatic carbocycles. The predicted octanol–water partition coefficient (Wildman–Crippen LogP) is 2.29. The number of likely N-dealkylation sites (N-methyl/N-ethyl adjacent to an activating group) is 1. The molecule has 3 heteroatoms. The summed E-state index contributed by atoms with van der Waals surface area (Å²) in [5, 5.41) is 0. The minimum Gasteiger partial charge on any atom is -0.297 e. The normalized spacial score (nSPS) is 17.1. The molecule has 0 aliphatic heterocycles. The smallest absolute Gasteiger partial charge is 0.0394 e. The van der Waals surface area contributed by atoms with Crippen LogP contribution in [0.4, 0.5) is 0 Å². The van der Waals surface area contributed by atoms with Crippen LogP contribution in [0.5, 0.6) is 0 Å². The maximum Gasteiger partial charge on any atom is 0.0394 e. The van der Waals surface area contributed by atoms with Gasteiger partial charge in [0.05, 0.1) is 0 Å². The largest absolute Gasteiger partial charge is 0.297 e. The number of hydrazine groups is 1. The SMILES string of the molecule is C=CCCC(NN)C(C)(CC)N(CC)CC. The van der Waals surface area contributed by atoms with Gasteiger partial charge in [-0.2, -0.15) is 0 Å². The average Bonchev–Trinajstić information content (AvgIpc) is 2.31. The van der Waals surface area contributed by atoms with Gasteiger partial charge in [0.2, 0.25) is 0 Å². The maximum atomic E-state index is 5.71. The van der Waals surface area contributed by atoms with Crippen LogP contribution in [0.25, 0.3) is 0 Å². The number of hydrogen-bond donors (Lipinski definition) is 2. The number of rotatable bonds is 9. The van der Waals surface area contributed by atoms with Gasteiger partial charge in [0.25, 0.3) is 0 Å². The van der Waals surface area contributed by atoms with Crippen molar-refractivity contribution in [3.63, 3.8) is 0 Å². The van der Waals surface area contributed by atoms with Gasteiger partial charge in [0.15, 0.2) is 0 Å². The molecule has 2 atom stereocenters. The van der Waals surface area contributed by atoms with E-state index in [-0.39, 0.29) is 5.54 Å². The Balaban J connectivity index is 4.78. The van der Waals surface area contributed by atoms with Crippen molar-refractivity contribution in [3.05, 3.63) is 12.7 Å². The Kier molecular flexibility index (Phi) is 7.64. The van der Waals surface area contributed by atoms with E-state index >= 15 is 0 Å². The van der Waals surface area contributed by atoms with E-state index in [1.807, 2.05) is 6.08 Å². The Bertz CT molecular complexity index is 190. The zero-order valence-electron chi connectivity index (χ0n) is 11.4. The lowest BCUT2D eigenvalue weighted by Gasteiger charge is -2.45. The molecule has 0 spiro atoms. The molecule has 2 unspecified atom stereocenters. The molecule has 0 rings (SSSR count). The standard InChI is InChI=1S/C13H29N3/c1-6-10-11-12(15-14)13(5,7-2)16(8-3)9-4/h6,12,15H,1,7-11,14H2,2-5H3. The van der Waals surface area contributed by atoms with Crippen LogP contribution in [-0.4, -0.2) is 29.6 Å². The summed E-state index contributed by atoms with van der Waals surface area (Å²) in [4.78, 5) is 2.49. The van der Waals surface area contributed by atoms with Crippen molar-refractivity contribution in [2.24, 2.45) is 5.84 Å². The first kappa shape index (κ1) is 15.6. The quantitative estimate of drug-likeness (QED) is 0.361. The summed E-state index contributed by atoms with van der Waals surface area (Å²) in [5.41, 5.74) is 3.11. The fourth-order valence-electron chi connectivity index (χ4n) is 2.49. The number of nitrogens with one attached hydrogen (secondary N) is 1. The highest BCUT2D eigenvalue weighted by Gasteiger charge is 2.35. The first-order valence-electron chi connectivity index (χ1n) is 6.42. The number of hydrogen-bond acceptors (Lipinski definition) is 3. The molecule has 0 amide bonds. The maximum absolute atomic E-state index is 5.71. The molecule has 0 heterocycles. The van der Waals surface area contributed by atoms with Gasteiger partial charge in [0, 0.05) is 11.6 Å². The van der Waals surface area contributed by atoms with E-state index in [9.17, 15) is 0 Å². The van der Waals surface area contributed by atoms with E-state index in [0.717, 1.165) is 32.4 Å². The van der Waals surface area contributed by atoms with Crippen LogP contribution >= 0.6 is 0 Å². The molecule has 0 bridgehead atoms. The lowest BCUT2D eigenvalue weighted by molar-refractivity contribution is 0.0671. The molecule has 0 saturated heterocycles. The molecule has 3 N–H and O–H groups in total. The summed E-state index contributed by atoms with van der Waals surface area (Å²) < 4.78 is 0. The van der Waals surface area contributed by atoms with E-state index in [1.54, 1.807) is 0 Å². The van der Waals surface area contributed by atoms with E-state index in [0.29, 0.717) is 6.04 Å². The minimum atomic E-state index is 0.126. The summed E-state index contributed by atoms with van der Waals surface area (Å²) in [7, 11) is 0. The predicted molar refractivity (Wildman–Crippen MR) is 72.2 cm³/mol. The van der Waals surface area contributed by atoms with Crippen molar-refractivity contribution in [2.45, 2.75) is 58.5 Å². The van der Waals surface area contributed by atoms with Crippen molar-refractivity contribution in [2.75, 3.05) is 13.1 Å². The van der Waals surface area contributed by atoms with E-state index in [1.165, 1.54) is 0 Å². The van der Waals surface area contributed by atoms with Crippen LogP contribution in [0.15, 0.2) is 12.7 Å². The first-order valence-corrected chi connectivity index (χ1v) is 6.42. The van der Waals surface area contributed by atoms with Crippen LogP contribution in [0, 0.1) is 0 Å². The molecule has 0 aromatic rings. The van der Waals surface area contributed by atoms with Crippen molar-refractivity contribution < 1.29 is 0 Å². The van der Waals surface area contributed by atoms with Gasteiger partial charge in [-0.1, -0.05) is 26.8 Å². The molecular formula is C13H29N3. The van der Waals surface area contributed by atoms with Gasteiger partial charge >= 0.3 is 0 Å². The highest BCUT2D eigenvalue weighted by Crippen LogP contribution is 2.25. The van der Waals surface area contributed by atoms with Crippen LogP contribution in [0.2, 0.25) is 0 Å². The summed E-state index contributed by atoms with van der Waals surface area (Å²) in [6.45, 7) is 14.8. The fourth-order valence-corrected chi connectivity index (χ4v) is 2.49. The van der Waals surface area contributed by atoms with Crippen LogP contribution in [0.1, 0.15) is 47.0 Å². The molecule has 3 nitrogen and oxygen atoms in total. The average molecular weight is 227 g/mol. The first-order chi connectivity index (χ1) is 7.60. The second kappa shape index (κ2) is 7.82. The van der Waals surface area contributed by atoms with E-state index < -0.39 is 0 Å². The number of nitrogens with two attached hydrogens (primary N) is 1. The van der Waals surface area contributed by atoms with Gasteiger partial charge in [-0.3, -0.25) is 16.2 Å². The third kappa shape index (κ3) is 3.58. The molecule has 0 aromatic carbocycles. The highest BCUT2D eigenvalue weighted by molar-refractivity contribution is 4.95. The molecule has 96 valence electrons. The minimum absolute atomic E-state index is 0.126. The van der Waals surface area contributed by atoms with Crippen molar-refractivity contribution >= 4 is 0 Å². The Morgan fingerprint density at radius 1 is 1.38 bits per heavy atom. The van der Waals surface area contributed by atoms with Gasteiger partial charge in [-0.25, -0.2) is 0 Å². The Morgan fingerprint density at radius 2 is 1.94 bits per heavy atom. The third-order valence-corrected chi connectivity index (χ3v) is 3.81. The second-order valence-electron chi connectivity index (χ2n) is 4.47. The van der Waals surface area contributed by atoms with Crippen LogP contribution < -0.4 is 11.3 Å². The molecular weight excluding hydrogens is 198 g/mol. The Morgan fingerprint density at radius 3 is 2.25 bits per heavy atom. The van der Waals surface area contributed by atoms with E-state index in [2.05, 4.69) is 44.6 Å². The highest BCUT2D eigenvalue weighted by atomic mass is 15.3. The molecule has 0 radical (unpaired) electrons. The lowest BCUT2D eigenvalue weighted by atomic mass is 9.84. The second-order valence-corrected chi connectivity index (χ2v) is 4.47. The monoisotopic (exact) mass is 227 g/mol. The zero-order valence-corrected chi connectivity index (χ0v) is 11.4. The zero-order chi connectivity index (χ0) is 12.6.